The molecule has 0 aliphatic rings. The molecule has 0 radical (unpaired) electrons. The summed E-state index contributed by atoms with van der Waals surface area (Å²) in [6.07, 6.45) is 1.60. The molecule has 0 aliphatic heterocycles. The van der Waals surface area contributed by atoms with Crippen molar-refractivity contribution in [3.05, 3.63) is 89.5 Å². The number of carbonyl (C=O) groups excluding carboxylic acids is 3. The Hall–Kier alpha value is -3.53. The summed E-state index contributed by atoms with van der Waals surface area (Å²) in [6, 6.07) is 21.7. The smallest absolute Gasteiger partial charge is 0.159 e. The molecule has 0 aliphatic carbocycles. The first kappa shape index (κ1) is 17.3. The fraction of sp³-hybridized carbons (Fsp3) is 0.0455. The molecule has 3 rings (SSSR count). The lowest BCUT2D eigenvalue weighted by molar-refractivity contribution is 0.101. The van der Waals surface area contributed by atoms with Gasteiger partial charge >= 0.3 is 0 Å². The minimum Gasteiger partial charge on any atom is -0.311 e. The van der Waals surface area contributed by atoms with Crippen molar-refractivity contribution in [1.82, 2.24) is 0 Å². The zero-order valence-corrected chi connectivity index (χ0v) is 14.3. The highest BCUT2D eigenvalue weighted by atomic mass is 16.1. The normalized spacial score (nSPS) is 10.2. The van der Waals surface area contributed by atoms with Gasteiger partial charge in [-0.25, -0.2) is 0 Å². The summed E-state index contributed by atoms with van der Waals surface area (Å²) < 4.78 is 0. The number of Topliss-reactive ketones (excluding diaryl/α,β-unsaturated/α-hetero) is 1. The molecule has 0 bridgehead atoms. The molecule has 4 heteroatoms. The van der Waals surface area contributed by atoms with Gasteiger partial charge in [0.25, 0.3) is 0 Å². The standard InChI is InChI=1S/C22H17NO3/c1-16(26)19-6-12-22(13-7-19)23(20-8-2-17(14-24)3-9-20)21-10-4-18(15-25)5-11-21/h2-15H,1H3. The second-order valence-corrected chi connectivity index (χ2v) is 5.86. The van der Waals surface area contributed by atoms with E-state index in [0.29, 0.717) is 16.7 Å². The highest BCUT2D eigenvalue weighted by Gasteiger charge is 2.13. The van der Waals surface area contributed by atoms with Gasteiger partial charge in [0.2, 0.25) is 0 Å². The molecule has 3 aromatic carbocycles. The summed E-state index contributed by atoms with van der Waals surface area (Å²) in [5.74, 6) is 0.00812. The van der Waals surface area contributed by atoms with Crippen LogP contribution in [0, 0.1) is 0 Å². The molecule has 0 aromatic heterocycles. The Balaban J connectivity index is 2.08. The molecule has 4 nitrogen and oxygen atoms in total. The van der Waals surface area contributed by atoms with Crippen LogP contribution in [0.4, 0.5) is 17.1 Å². The monoisotopic (exact) mass is 343 g/mol. The first-order valence-electron chi connectivity index (χ1n) is 8.14. The zero-order valence-electron chi connectivity index (χ0n) is 14.3. The third kappa shape index (κ3) is 3.59. The fourth-order valence-electron chi connectivity index (χ4n) is 2.70. The van der Waals surface area contributed by atoms with Gasteiger partial charge in [-0.05, 0) is 79.7 Å². The van der Waals surface area contributed by atoms with Crippen LogP contribution < -0.4 is 4.90 Å². The van der Waals surface area contributed by atoms with Crippen molar-refractivity contribution in [2.24, 2.45) is 0 Å². The summed E-state index contributed by atoms with van der Waals surface area (Å²) in [7, 11) is 0. The maximum Gasteiger partial charge on any atom is 0.159 e. The molecule has 0 heterocycles. The van der Waals surface area contributed by atoms with Crippen molar-refractivity contribution in [1.29, 1.82) is 0 Å². The molecule has 0 unspecified atom stereocenters. The Kier molecular flexibility index (Phi) is 5.04. The van der Waals surface area contributed by atoms with Gasteiger partial charge in [-0.3, -0.25) is 14.4 Å². The van der Waals surface area contributed by atoms with Crippen LogP contribution in [0.15, 0.2) is 72.8 Å². The van der Waals surface area contributed by atoms with Gasteiger partial charge in [0.05, 0.1) is 0 Å². The fourth-order valence-corrected chi connectivity index (χ4v) is 2.70. The number of hydrogen-bond acceptors (Lipinski definition) is 4. The Morgan fingerprint density at radius 1 is 0.654 bits per heavy atom. The zero-order chi connectivity index (χ0) is 18.5. The Morgan fingerprint density at radius 3 is 1.31 bits per heavy atom. The summed E-state index contributed by atoms with van der Waals surface area (Å²) in [5, 5.41) is 0. The average Bonchev–Trinajstić information content (AvgIpc) is 2.69. The third-order valence-corrected chi connectivity index (χ3v) is 4.11. The lowest BCUT2D eigenvalue weighted by Crippen LogP contribution is -2.10. The predicted molar refractivity (Wildman–Crippen MR) is 102 cm³/mol. The highest BCUT2D eigenvalue weighted by Crippen LogP contribution is 2.34. The summed E-state index contributed by atoms with van der Waals surface area (Å²) in [4.78, 5) is 35.4. The topological polar surface area (TPSA) is 54.5 Å². The van der Waals surface area contributed by atoms with Gasteiger partial charge in [0.1, 0.15) is 12.6 Å². The van der Waals surface area contributed by atoms with E-state index in [4.69, 9.17) is 0 Å². The van der Waals surface area contributed by atoms with Crippen LogP contribution in [-0.2, 0) is 0 Å². The van der Waals surface area contributed by atoms with E-state index in [1.807, 2.05) is 41.3 Å². The molecular formula is C22H17NO3. The molecule has 0 saturated carbocycles. The highest BCUT2D eigenvalue weighted by molar-refractivity contribution is 5.94. The van der Waals surface area contributed by atoms with Crippen LogP contribution >= 0.6 is 0 Å². The van der Waals surface area contributed by atoms with Crippen LogP contribution in [-0.4, -0.2) is 18.4 Å². The molecule has 3 aromatic rings. The van der Waals surface area contributed by atoms with Gasteiger partial charge in [0.15, 0.2) is 5.78 Å². The molecule has 0 N–H and O–H groups in total. The van der Waals surface area contributed by atoms with E-state index in [1.165, 1.54) is 6.92 Å². The van der Waals surface area contributed by atoms with Crippen LogP contribution in [0.3, 0.4) is 0 Å². The first-order valence-corrected chi connectivity index (χ1v) is 8.14. The summed E-state index contributed by atoms with van der Waals surface area (Å²) >= 11 is 0. The average molecular weight is 343 g/mol. The number of benzene rings is 3. The largest absolute Gasteiger partial charge is 0.311 e. The Bertz CT molecular complexity index is 875. The van der Waals surface area contributed by atoms with Crippen molar-refractivity contribution in [2.45, 2.75) is 6.92 Å². The molecule has 0 saturated heterocycles. The number of rotatable bonds is 6. The van der Waals surface area contributed by atoms with Crippen LogP contribution in [0.1, 0.15) is 38.0 Å². The van der Waals surface area contributed by atoms with Gasteiger partial charge in [-0.15, -0.1) is 0 Å². The quantitative estimate of drug-likeness (QED) is 0.468. The first-order chi connectivity index (χ1) is 12.6. The maximum atomic E-state index is 11.5. The number of carbonyl (C=O) groups is 3. The van der Waals surface area contributed by atoms with E-state index in [2.05, 4.69) is 0 Å². The van der Waals surface area contributed by atoms with Crippen molar-refractivity contribution >= 4 is 35.4 Å². The van der Waals surface area contributed by atoms with E-state index in [9.17, 15) is 14.4 Å². The number of aldehydes is 2. The SMILES string of the molecule is CC(=O)c1ccc(N(c2ccc(C=O)cc2)c2ccc(C=O)cc2)cc1. The molecule has 128 valence electrons. The molecular weight excluding hydrogens is 326 g/mol. The van der Waals surface area contributed by atoms with E-state index in [0.717, 1.165) is 29.6 Å². The molecule has 0 atom stereocenters. The van der Waals surface area contributed by atoms with Crippen molar-refractivity contribution in [2.75, 3.05) is 4.90 Å². The lowest BCUT2D eigenvalue weighted by atomic mass is 10.1. The van der Waals surface area contributed by atoms with Crippen LogP contribution in [0.5, 0.6) is 0 Å². The van der Waals surface area contributed by atoms with Crippen molar-refractivity contribution in [3.8, 4) is 0 Å². The van der Waals surface area contributed by atoms with E-state index in [1.54, 1.807) is 36.4 Å². The van der Waals surface area contributed by atoms with Crippen molar-refractivity contribution in [3.63, 3.8) is 0 Å². The van der Waals surface area contributed by atoms with Crippen molar-refractivity contribution < 1.29 is 14.4 Å². The summed E-state index contributed by atoms with van der Waals surface area (Å²) in [5.41, 5.74) is 4.43. The minimum atomic E-state index is 0.00812. The lowest BCUT2D eigenvalue weighted by Gasteiger charge is -2.25. The molecule has 0 amide bonds. The number of nitrogens with zero attached hydrogens (tertiary/aromatic N) is 1. The maximum absolute atomic E-state index is 11.5. The minimum absolute atomic E-state index is 0.00812. The molecule has 26 heavy (non-hydrogen) atoms. The second-order valence-electron chi connectivity index (χ2n) is 5.86. The second kappa shape index (κ2) is 7.57. The third-order valence-electron chi connectivity index (χ3n) is 4.11. The summed E-state index contributed by atoms with van der Waals surface area (Å²) in [6.45, 7) is 1.53. The van der Waals surface area contributed by atoms with E-state index >= 15 is 0 Å². The Labute approximate surface area is 151 Å². The van der Waals surface area contributed by atoms with Gasteiger partial charge in [-0.2, -0.15) is 0 Å². The van der Waals surface area contributed by atoms with Crippen LogP contribution in [0.2, 0.25) is 0 Å². The Morgan fingerprint density at radius 2 is 1.00 bits per heavy atom. The van der Waals surface area contributed by atoms with Crippen LogP contribution in [0.25, 0.3) is 0 Å². The number of anilines is 3. The molecule has 0 fully saturated rings. The number of ketones is 1. The molecule has 0 spiro atoms. The van der Waals surface area contributed by atoms with Gasteiger partial charge in [0, 0.05) is 33.8 Å². The van der Waals surface area contributed by atoms with E-state index in [-0.39, 0.29) is 5.78 Å². The van der Waals surface area contributed by atoms with Gasteiger partial charge in [-0.1, -0.05) is 0 Å². The predicted octanol–water partition coefficient (Wildman–Crippen LogP) is 4.98. The van der Waals surface area contributed by atoms with E-state index < -0.39 is 0 Å². The van der Waals surface area contributed by atoms with Gasteiger partial charge < -0.3 is 4.90 Å². The number of hydrogen-bond donors (Lipinski definition) is 0.